The molecule has 2 aromatic heterocycles. The van der Waals surface area contributed by atoms with Crippen molar-refractivity contribution in [2.24, 2.45) is 5.10 Å². The van der Waals surface area contributed by atoms with Gasteiger partial charge in [-0.2, -0.15) is 18.3 Å². The topological polar surface area (TPSA) is 80.2 Å². The van der Waals surface area contributed by atoms with E-state index in [1.165, 1.54) is 26.4 Å². The van der Waals surface area contributed by atoms with E-state index in [4.69, 9.17) is 9.47 Å². The van der Waals surface area contributed by atoms with Crippen molar-refractivity contribution in [3.05, 3.63) is 35.7 Å². The Morgan fingerprint density at radius 3 is 2.80 bits per heavy atom. The summed E-state index contributed by atoms with van der Waals surface area (Å²) >= 11 is 0. The number of ether oxygens (including phenoxy) is 2. The fourth-order valence-corrected chi connectivity index (χ4v) is 3.04. The Balaban J connectivity index is 2.01. The van der Waals surface area contributed by atoms with Crippen molar-refractivity contribution < 1.29 is 27.4 Å². The average Bonchev–Trinajstić information content (AvgIpc) is 3.28. The molecule has 0 radical (unpaired) electrons. The van der Waals surface area contributed by atoms with Gasteiger partial charge in [-0.1, -0.05) is 0 Å². The molecule has 0 bridgehead atoms. The lowest BCUT2D eigenvalue weighted by molar-refractivity contribution is -0.153. The zero-order valence-corrected chi connectivity index (χ0v) is 13.0. The molecule has 2 unspecified atom stereocenters. The largest absolute Gasteiger partial charge is 0.433 e. The molecule has 0 saturated carbocycles. The van der Waals surface area contributed by atoms with Crippen LogP contribution >= 0.6 is 0 Å². The lowest BCUT2D eigenvalue weighted by Gasteiger charge is -2.25. The van der Waals surface area contributed by atoms with Crippen molar-refractivity contribution in [2.75, 3.05) is 14.2 Å². The second kappa shape index (κ2) is 4.73. The second-order valence-electron chi connectivity index (χ2n) is 5.66. The number of amides is 1. The number of nitrogens with zero attached hydrogens (tertiary/aromatic N) is 4. The summed E-state index contributed by atoms with van der Waals surface area (Å²) in [6.45, 7) is 0. The Morgan fingerprint density at radius 1 is 1.36 bits per heavy atom. The van der Waals surface area contributed by atoms with Gasteiger partial charge in [0.15, 0.2) is 16.9 Å². The number of alkyl halides is 3. The number of methoxy groups -OCH3 is 1. The van der Waals surface area contributed by atoms with Crippen LogP contribution in [0.25, 0.3) is 11.0 Å². The summed E-state index contributed by atoms with van der Waals surface area (Å²) in [5, 5.41) is 5.15. The van der Waals surface area contributed by atoms with E-state index >= 15 is 0 Å². The van der Waals surface area contributed by atoms with E-state index in [2.05, 4.69) is 15.1 Å². The second-order valence-corrected chi connectivity index (χ2v) is 5.66. The van der Waals surface area contributed by atoms with Crippen LogP contribution in [0.3, 0.4) is 0 Å². The van der Waals surface area contributed by atoms with Crippen LogP contribution in [0, 0.1) is 0 Å². The van der Waals surface area contributed by atoms with Crippen LogP contribution in [-0.4, -0.2) is 47.0 Å². The molecular formula is C15H11F3N4O3. The average molecular weight is 352 g/mol. The molecule has 0 N–H and O–H groups in total. The number of carbonyl (C=O) groups excluding carboxylic acids is 1. The molecule has 4 heterocycles. The Labute approximate surface area is 139 Å². The third-order valence-electron chi connectivity index (χ3n) is 4.29. The Bertz CT molecular complexity index is 932. The summed E-state index contributed by atoms with van der Waals surface area (Å²) in [5.41, 5.74) is -3.38. The van der Waals surface area contributed by atoms with Crippen LogP contribution in [0.2, 0.25) is 0 Å². The standard InChI is InChI=1S/C15H11F3N4O3/c1-22-12(23)14(24-2)13(25-14,7-20-22)9-6-8-4-3-5-19-11(8)21-10(9)15(16,17)18/h3-7H,1-2H3. The molecule has 0 aliphatic carbocycles. The highest BCUT2D eigenvalue weighted by molar-refractivity contribution is 6.00. The number of fused-ring (bicyclic) bond motifs is 2. The molecular weight excluding hydrogens is 341 g/mol. The van der Waals surface area contributed by atoms with Gasteiger partial charge in [0.25, 0.3) is 5.79 Å². The molecule has 4 rings (SSSR count). The first-order chi connectivity index (χ1) is 11.7. The van der Waals surface area contributed by atoms with E-state index in [0.717, 1.165) is 11.2 Å². The van der Waals surface area contributed by atoms with Gasteiger partial charge in [0.05, 0.1) is 6.21 Å². The summed E-state index contributed by atoms with van der Waals surface area (Å²) < 4.78 is 51.4. The highest BCUT2D eigenvalue weighted by Gasteiger charge is 2.80. The van der Waals surface area contributed by atoms with Gasteiger partial charge in [-0.25, -0.2) is 15.0 Å². The Kier molecular flexibility index (Phi) is 3.01. The number of hydrazone groups is 1. The van der Waals surface area contributed by atoms with E-state index in [9.17, 15) is 18.0 Å². The summed E-state index contributed by atoms with van der Waals surface area (Å²) in [4.78, 5) is 19.9. The van der Waals surface area contributed by atoms with Crippen LogP contribution in [0.15, 0.2) is 29.5 Å². The minimum absolute atomic E-state index is 0.0603. The molecule has 2 aliphatic rings. The van der Waals surface area contributed by atoms with Crippen molar-refractivity contribution in [2.45, 2.75) is 17.6 Å². The maximum absolute atomic E-state index is 13.6. The third kappa shape index (κ3) is 1.94. The van der Waals surface area contributed by atoms with Gasteiger partial charge in [-0.15, -0.1) is 0 Å². The molecule has 2 atom stereocenters. The molecule has 130 valence electrons. The Hall–Kier alpha value is -2.59. The number of halogens is 3. The minimum atomic E-state index is -4.78. The van der Waals surface area contributed by atoms with Crippen molar-refractivity contribution in [3.8, 4) is 0 Å². The third-order valence-corrected chi connectivity index (χ3v) is 4.29. The first-order valence-electron chi connectivity index (χ1n) is 7.17. The van der Waals surface area contributed by atoms with Gasteiger partial charge in [0.1, 0.15) is 0 Å². The van der Waals surface area contributed by atoms with Gasteiger partial charge < -0.3 is 9.47 Å². The summed E-state index contributed by atoms with van der Waals surface area (Å²) in [7, 11) is 2.55. The zero-order chi connectivity index (χ0) is 18.0. The minimum Gasteiger partial charge on any atom is -0.343 e. The van der Waals surface area contributed by atoms with Crippen LogP contribution < -0.4 is 0 Å². The predicted octanol–water partition coefficient (Wildman–Crippen LogP) is 1.67. The van der Waals surface area contributed by atoms with E-state index in [1.54, 1.807) is 12.1 Å². The van der Waals surface area contributed by atoms with E-state index in [-0.39, 0.29) is 11.2 Å². The lowest BCUT2D eigenvalue weighted by atomic mass is 9.90. The summed E-state index contributed by atoms with van der Waals surface area (Å²) in [6.07, 6.45) is -2.30. The van der Waals surface area contributed by atoms with Crippen LogP contribution in [0.4, 0.5) is 13.2 Å². The quantitative estimate of drug-likeness (QED) is 0.768. The summed E-state index contributed by atoms with van der Waals surface area (Å²) in [6, 6.07) is 4.40. The van der Waals surface area contributed by atoms with Gasteiger partial charge in [-0.05, 0) is 18.2 Å². The normalized spacial score (nSPS) is 28.4. The van der Waals surface area contributed by atoms with E-state index in [0.29, 0.717) is 5.39 Å². The predicted molar refractivity (Wildman–Crippen MR) is 78.3 cm³/mol. The fraction of sp³-hybridized carbons (Fsp3) is 0.333. The van der Waals surface area contributed by atoms with E-state index in [1.807, 2.05) is 0 Å². The number of likely N-dealkylation sites (N-methyl/N-ethyl adjacent to an activating group) is 1. The van der Waals surface area contributed by atoms with Crippen molar-refractivity contribution in [3.63, 3.8) is 0 Å². The van der Waals surface area contributed by atoms with Gasteiger partial charge in [0.2, 0.25) is 0 Å². The molecule has 0 spiro atoms. The number of epoxide rings is 1. The van der Waals surface area contributed by atoms with Crippen LogP contribution in [0.1, 0.15) is 11.3 Å². The van der Waals surface area contributed by atoms with Crippen molar-refractivity contribution >= 4 is 23.2 Å². The molecule has 1 amide bonds. The summed E-state index contributed by atoms with van der Waals surface area (Å²) in [5.74, 6) is -2.59. The molecule has 7 nitrogen and oxygen atoms in total. The molecule has 1 fully saturated rings. The smallest absolute Gasteiger partial charge is 0.343 e. The lowest BCUT2D eigenvalue weighted by Crippen LogP contribution is -2.47. The van der Waals surface area contributed by atoms with Gasteiger partial charge >= 0.3 is 12.1 Å². The number of pyridine rings is 2. The molecule has 1 saturated heterocycles. The first kappa shape index (κ1) is 15.9. The number of hydrogen-bond donors (Lipinski definition) is 0. The van der Waals surface area contributed by atoms with Gasteiger partial charge in [-0.3, -0.25) is 4.79 Å². The maximum Gasteiger partial charge on any atom is 0.433 e. The highest BCUT2D eigenvalue weighted by Crippen LogP contribution is 2.59. The highest BCUT2D eigenvalue weighted by atomic mass is 19.4. The SMILES string of the molecule is COC12OC1(c1cc3cccnc3nc1C(F)(F)F)C=NN(C)C2=O. The molecule has 0 aromatic carbocycles. The maximum atomic E-state index is 13.6. The monoisotopic (exact) mass is 352 g/mol. The van der Waals surface area contributed by atoms with Crippen LogP contribution in [0.5, 0.6) is 0 Å². The number of carbonyl (C=O) groups is 1. The van der Waals surface area contributed by atoms with Gasteiger partial charge in [0, 0.05) is 31.3 Å². The first-order valence-corrected chi connectivity index (χ1v) is 7.17. The molecule has 2 aliphatic heterocycles. The molecule has 10 heteroatoms. The number of rotatable bonds is 2. The molecule has 2 aromatic rings. The zero-order valence-electron chi connectivity index (χ0n) is 13.0. The van der Waals surface area contributed by atoms with Crippen molar-refractivity contribution in [1.29, 1.82) is 0 Å². The van der Waals surface area contributed by atoms with Crippen molar-refractivity contribution in [1.82, 2.24) is 15.0 Å². The number of aromatic nitrogens is 2. The fourth-order valence-electron chi connectivity index (χ4n) is 3.04. The van der Waals surface area contributed by atoms with E-state index < -0.39 is 29.2 Å². The Morgan fingerprint density at radius 2 is 2.12 bits per heavy atom. The van der Waals surface area contributed by atoms with Crippen LogP contribution in [-0.2, 0) is 26.0 Å². The molecule has 25 heavy (non-hydrogen) atoms. The number of hydrogen-bond acceptors (Lipinski definition) is 6.